The van der Waals surface area contributed by atoms with Crippen LogP contribution in [0, 0.1) is 13.8 Å². The van der Waals surface area contributed by atoms with Crippen molar-refractivity contribution in [2.45, 2.75) is 63.7 Å². The van der Waals surface area contributed by atoms with E-state index in [-0.39, 0.29) is 18.5 Å². The quantitative estimate of drug-likeness (QED) is 0.312. The van der Waals surface area contributed by atoms with Crippen LogP contribution in [0.3, 0.4) is 0 Å². The summed E-state index contributed by atoms with van der Waals surface area (Å²) in [4.78, 5) is 4.11. The smallest absolute Gasteiger partial charge is 0.158 e. The molecule has 4 rings (SSSR count). The van der Waals surface area contributed by atoms with Crippen molar-refractivity contribution in [1.82, 2.24) is 9.55 Å². The summed E-state index contributed by atoms with van der Waals surface area (Å²) in [5, 5.41) is 0.672. The van der Waals surface area contributed by atoms with Gasteiger partial charge in [0.25, 0.3) is 0 Å². The first-order valence-corrected chi connectivity index (χ1v) is 12.1. The number of hydrogen-bond donors (Lipinski definition) is 0. The standard InChI is InChI=1S/C26H30Cl2N2O3/c1-18-6-7-21(19(2)14-18)15-31-24-5-3-4-23(33-24)16-32-25(20-8-10-22(27)11-9-20)26(28)30-13-12-29-17-30/h6-14,17,23-26H,3-5,15-16H2,1-2H3. The number of aromatic nitrogens is 2. The van der Waals surface area contributed by atoms with Gasteiger partial charge in [-0.05, 0) is 61.9 Å². The predicted octanol–water partition coefficient (Wildman–Crippen LogP) is 6.76. The highest BCUT2D eigenvalue weighted by molar-refractivity contribution is 6.30. The first-order valence-electron chi connectivity index (χ1n) is 11.3. The van der Waals surface area contributed by atoms with Crippen molar-refractivity contribution >= 4 is 23.2 Å². The molecule has 1 saturated heterocycles. The highest BCUT2D eigenvalue weighted by atomic mass is 35.5. The topological polar surface area (TPSA) is 45.5 Å². The van der Waals surface area contributed by atoms with E-state index in [4.69, 9.17) is 37.4 Å². The molecule has 176 valence electrons. The SMILES string of the molecule is Cc1ccc(COC2CCCC(COC(c3ccc(Cl)cc3)C(Cl)n3ccnc3)O2)c(C)c1. The summed E-state index contributed by atoms with van der Waals surface area (Å²) in [6.45, 7) is 5.18. The van der Waals surface area contributed by atoms with E-state index < -0.39 is 5.50 Å². The minimum absolute atomic E-state index is 0.0516. The minimum Gasteiger partial charge on any atom is -0.367 e. The molecule has 5 nitrogen and oxygen atoms in total. The first-order chi connectivity index (χ1) is 16.0. The molecule has 0 radical (unpaired) electrons. The lowest BCUT2D eigenvalue weighted by Crippen LogP contribution is -2.33. The van der Waals surface area contributed by atoms with Gasteiger partial charge in [0.1, 0.15) is 11.6 Å². The Balaban J connectivity index is 1.36. The fraction of sp³-hybridized carbons (Fsp3) is 0.423. The Labute approximate surface area is 205 Å². The molecule has 33 heavy (non-hydrogen) atoms. The maximum Gasteiger partial charge on any atom is 0.158 e. The van der Waals surface area contributed by atoms with Gasteiger partial charge in [-0.2, -0.15) is 0 Å². The number of benzene rings is 2. The van der Waals surface area contributed by atoms with E-state index in [1.54, 1.807) is 12.5 Å². The number of aryl methyl sites for hydroxylation is 2. The lowest BCUT2D eigenvalue weighted by Gasteiger charge is -2.32. The summed E-state index contributed by atoms with van der Waals surface area (Å²) in [6.07, 6.45) is 7.41. The lowest BCUT2D eigenvalue weighted by atomic mass is 10.1. The zero-order valence-electron chi connectivity index (χ0n) is 19.0. The molecule has 0 N–H and O–H groups in total. The molecule has 0 saturated carbocycles. The second-order valence-corrected chi connectivity index (χ2v) is 9.43. The third-order valence-corrected chi connectivity index (χ3v) is 6.66. The molecule has 0 bridgehead atoms. The number of halogens is 2. The average molecular weight is 489 g/mol. The van der Waals surface area contributed by atoms with Crippen LogP contribution in [0.5, 0.6) is 0 Å². The molecule has 1 aliphatic heterocycles. The Kier molecular flexibility index (Phi) is 8.45. The Bertz CT molecular complexity index is 1010. The molecule has 0 amide bonds. The zero-order chi connectivity index (χ0) is 23.2. The van der Waals surface area contributed by atoms with Crippen molar-refractivity contribution in [3.05, 3.63) is 88.5 Å². The lowest BCUT2D eigenvalue weighted by molar-refractivity contribution is -0.213. The van der Waals surface area contributed by atoms with Crippen LogP contribution in [-0.4, -0.2) is 28.6 Å². The van der Waals surface area contributed by atoms with Crippen LogP contribution < -0.4 is 0 Å². The van der Waals surface area contributed by atoms with Gasteiger partial charge in [0.05, 0.1) is 25.6 Å². The zero-order valence-corrected chi connectivity index (χ0v) is 20.5. The van der Waals surface area contributed by atoms with Crippen LogP contribution in [0.15, 0.2) is 61.2 Å². The first kappa shape index (κ1) is 24.2. The molecule has 1 aromatic heterocycles. The molecule has 2 aromatic carbocycles. The van der Waals surface area contributed by atoms with E-state index in [1.165, 1.54) is 16.7 Å². The third kappa shape index (κ3) is 6.58. The highest BCUT2D eigenvalue weighted by Gasteiger charge is 2.28. The second-order valence-electron chi connectivity index (χ2n) is 8.55. The Morgan fingerprint density at radius 2 is 1.97 bits per heavy atom. The van der Waals surface area contributed by atoms with Gasteiger partial charge in [0, 0.05) is 17.4 Å². The fourth-order valence-electron chi connectivity index (χ4n) is 4.07. The summed E-state index contributed by atoms with van der Waals surface area (Å²) in [5.74, 6) is 0. The van der Waals surface area contributed by atoms with Gasteiger partial charge < -0.3 is 18.8 Å². The van der Waals surface area contributed by atoms with Gasteiger partial charge in [-0.15, -0.1) is 0 Å². The molecule has 1 fully saturated rings. The number of rotatable bonds is 9. The van der Waals surface area contributed by atoms with Crippen LogP contribution in [0.1, 0.15) is 53.1 Å². The Morgan fingerprint density at radius 1 is 1.15 bits per heavy atom. The largest absolute Gasteiger partial charge is 0.367 e. The highest BCUT2D eigenvalue weighted by Crippen LogP contribution is 2.35. The monoisotopic (exact) mass is 488 g/mol. The van der Waals surface area contributed by atoms with Crippen LogP contribution in [-0.2, 0) is 20.8 Å². The number of nitrogens with zero attached hydrogens (tertiary/aromatic N) is 2. The van der Waals surface area contributed by atoms with Crippen LogP contribution in [0.4, 0.5) is 0 Å². The number of hydrogen-bond acceptors (Lipinski definition) is 4. The normalized spacial score (nSPS) is 20.5. The molecule has 4 atom stereocenters. The van der Waals surface area contributed by atoms with Crippen molar-refractivity contribution in [1.29, 1.82) is 0 Å². The van der Waals surface area contributed by atoms with E-state index >= 15 is 0 Å². The molecule has 2 heterocycles. The predicted molar refractivity (Wildman–Crippen MR) is 130 cm³/mol. The molecular weight excluding hydrogens is 459 g/mol. The van der Waals surface area contributed by atoms with Crippen molar-refractivity contribution < 1.29 is 14.2 Å². The van der Waals surface area contributed by atoms with Gasteiger partial charge in [0.15, 0.2) is 6.29 Å². The van der Waals surface area contributed by atoms with Crippen LogP contribution >= 0.6 is 23.2 Å². The number of ether oxygens (including phenoxy) is 3. The molecule has 1 aliphatic rings. The average Bonchev–Trinajstić information content (AvgIpc) is 3.35. The molecule has 0 aliphatic carbocycles. The van der Waals surface area contributed by atoms with Gasteiger partial charge in [-0.3, -0.25) is 0 Å². The Hall–Kier alpha value is -1.89. The maximum absolute atomic E-state index is 6.78. The minimum atomic E-state index is -0.450. The summed E-state index contributed by atoms with van der Waals surface area (Å²) >= 11 is 12.9. The van der Waals surface area contributed by atoms with E-state index in [0.29, 0.717) is 18.2 Å². The van der Waals surface area contributed by atoms with Gasteiger partial charge >= 0.3 is 0 Å². The second kappa shape index (κ2) is 11.5. The molecule has 3 aromatic rings. The fourth-order valence-corrected chi connectivity index (χ4v) is 4.53. The van der Waals surface area contributed by atoms with E-state index in [9.17, 15) is 0 Å². The van der Waals surface area contributed by atoms with E-state index in [1.807, 2.05) is 35.0 Å². The molecular formula is C26H30Cl2N2O3. The van der Waals surface area contributed by atoms with E-state index in [0.717, 1.165) is 24.8 Å². The Morgan fingerprint density at radius 3 is 2.70 bits per heavy atom. The summed E-state index contributed by atoms with van der Waals surface area (Å²) in [7, 11) is 0. The van der Waals surface area contributed by atoms with Crippen molar-refractivity contribution in [3.63, 3.8) is 0 Å². The summed E-state index contributed by atoms with van der Waals surface area (Å²) in [5.41, 5.74) is 4.19. The van der Waals surface area contributed by atoms with Crippen molar-refractivity contribution in [2.24, 2.45) is 0 Å². The number of imidazole rings is 1. The van der Waals surface area contributed by atoms with Crippen LogP contribution in [0.25, 0.3) is 0 Å². The van der Waals surface area contributed by atoms with Crippen LogP contribution in [0.2, 0.25) is 5.02 Å². The number of alkyl halides is 1. The van der Waals surface area contributed by atoms with Gasteiger partial charge in [-0.1, -0.05) is 59.1 Å². The van der Waals surface area contributed by atoms with E-state index in [2.05, 4.69) is 37.0 Å². The van der Waals surface area contributed by atoms with Crippen molar-refractivity contribution in [3.8, 4) is 0 Å². The summed E-state index contributed by atoms with van der Waals surface area (Å²) in [6, 6.07) is 14.0. The van der Waals surface area contributed by atoms with Gasteiger partial charge in [-0.25, -0.2) is 4.98 Å². The molecule has 4 unspecified atom stereocenters. The molecule has 7 heteroatoms. The summed E-state index contributed by atoms with van der Waals surface area (Å²) < 4.78 is 20.5. The van der Waals surface area contributed by atoms with Gasteiger partial charge in [0.2, 0.25) is 0 Å². The maximum atomic E-state index is 6.78. The molecule has 0 spiro atoms. The third-order valence-electron chi connectivity index (χ3n) is 5.95. The van der Waals surface area contributed by atoms with Crippen molar-refractivity contribution in [2.75, 3.05) is 6.61 Å².